The minimum Gasteiger partial charge on any atom is -1.00 e. The normalized spacial score (nSPS) is 17.7. The van der Waals surface area contributed by atoms with Crippen molar-refractivity contribution in [3.05, 3.63) is 29.8 Å². The van der Waals surface area contributed by atoms with Gasteiger partial charge in [-0.3, -0.25) is 0 Å². The number of carbonyl (C=O) groups is 1. The van der Waals surface area contributed by atoms with E-state index >= 15 is 0 Å². The molecule has 0 spiro atoms. The molecule has 13 heavy (non-hydrogen) atoms. The monoisotopic (exact) mass is 242 g/mol. The molecule has 0 saturated carbocycles. The van der Waals surface area contributed by atoms with Crippen LogP contribution < -0.4 is 22.0 Å². The van der Waals surface area contributed by atoms with Gasteiger partial charge >= 0.3 is 6.09 Å². The first-order valence-corrected chi connectivity index (χ1v) is 3.53. The van der Waals surface area contributed by atoms with Crippen LogP contribution in [0.15, 0.2) is 29.4 Å². The molecule has 0 aromatic heterocycles. The molecule has 2 N–H and O–H groups in total. The topological polar surface area (TPSA) is 54.1 Å². The first kappa shape index (κ1) is 9.88. The molecule has 68 valence electrons. The molecule has 0 fully saturated rings. The summed E-state index contributed by atoms with van der Waals surface area (Å²) in [7, 11) is 0. The summed E-state index contributed by atoms with van der Waals surface area (Å²) in [6.07, 6.45) is 0.592. The number of hydrogen-bond acceptors (Lipinski definition) is 2. The van der Waals surface area contributed by atoms with E-state index in [-0.39, 0.29) is 22.0 Å². The van der Waals surface area contributed by atoms with E-state index in [1.807, 2.05) is 12.1 Å². The molecule has 0 saturated heterocycles. The Hall–Kier alpha value is -1.20. The fraction of sp³-hybridized carbons (Fsp3) is 0. The number of benzene rings is 1. The summed E-state index contributed by atoms with van der Waals surface area (Å²) in [5.41, 5.74) is 1.57. The standard InChI is InChI=1S/C8H6N2O2.BrH/c11-8(12)10-7-4-2-1-3-6(7)5-9-10;/h1-5H,(H,11,12);1H. The van der Waals surface area contributed by atoms with Crippen LogP contribution in [-0.4, -0.2) is 17.4 Å². The Kier molecular flexibility index (Phi) is 2.79. The predicted octanol–water partition coefficient (Wildman–Crippen LogP) is -2.77. The zero-order chi connectivity index (χ0) is 8.55. The molecular weight excluding hydrogens is 236 g/mol. The SMILES string of the molecule is O=C(O)[NH+]1N=Cc2ccccc21.[Br-]. The average molecular weight is 243 g/mol. The van der Waals surface area contributed by atoms with Gasteiger partial charge in [0.15, 0.2) is 5.69 Å². The number of nitrogens with zero attached hydrogens (tertiary/aromatic N) is 1. The molecule has 1 atom stereocenters. The maximum absolute atomic E-state index is 10.6. The third-order valence-electron chi connectivity index (χ3n) is 1.75. The summed E-state index contributed by atoms with van der Waals surface area (Å²) < 4.78 is 0. The van der Waals surface area contributed by atoms with Crippen molar-refractivity contribution in [3.63, 3.8) is 0 Å². The lowest BCUT2D eigenvalue weighted by atomic mass is 10.2. The molecule has 1 aromatic rings. The van der Waals surface area contributed by atoms with Crippen LogP contribution in [0.25, 0.3) is 0 Å². The third-order valence-corrected chi connectivity index (χ3v) is 1.75. The molecule has 1 aromatic carbocycles. The highest BCUT2D eigenvalue weighted by molar-refractivity contribution is 5.88. The number of halogens is 1. The Morgan fingerprint density at radius 3 is 2.77 bits per heavy atom. The highest BCUT2D eigenvalue weighted by Crippen LogP contribution is 2.10. The van der Waals surface area contributed by atoms with Crippen molar-refractivity contribution in [2.45, 2.75) is 0 Å². The van der Waals surface area contributed by atoms with Crippen LogP contribution in [0.4, 0.5) is 10.5 Å². The molecule has 1 heterocycles. The van der Waals surface area contributed by atoms with Crippen LogP contribution in [0.5, 0.6) is 0 Å². The van der Waals surface area contributed by atoms with Crippen LogP contribution in [-0.2, 0) is 0 Å². The molecular formula is C8H7BrN2O2. The molecule has 0 radical (unpaired) electrons. The number of quaternary nitrogens is 1. The second-order valence-corrected chi connectivity index (χ2v) is 2.50. The van der Waals surface area contributed by atoms with Crippen molar-refractivity contribution < 1.29 is 31.9 Å². The molecule has 5 heteroatoms. The van der Waals surface area contributed by atoms with Crippen molar-refractivity contribution in [1.29, 1.82) is 0 Å². The number of rotatable bonds is 0. The van der Waals surface area contributed by atoms with Gasteiger partial charge in [0.1, 0.15) is 0 Å². The first-order chi connectivity index (χ1) is 5.79. The Morgan fingerprint density at radius 2 is 2.08 bits per heavy atom. The Bertz CT molecular complexity index is 365. The lowest BCUT2D eigenvalue weighted by Crippen LogP contribution is -3.04. The van der Waals surface area contributed by atoms with E-state index in [1.54, 1.807) is 18.3 Å². The van der Waals surface area contributed by atoms with Crippen molar-refractivity contribution >= 4 is 18.0 Å². The van der Waals surface area contributed by atoms with Gasteiger partial charge in [-0.25, -0.2) is 0 Å². The Labute approximate surface area is 85.2 Å². The first-order valence-electron chi connectivity index (χ1n) is 3.53. The summed E-state index contributed by atoms with van der Waals surface area (Å²) in [6.45, 7) is 0. The van der Waals surface area contributed by atoms with Gasteiger partial charge in [0.25, 0.3) is 0 Å². The Balaban J connectivity index is 0.000000845. The minimum absolute atomic E-state index is 0. The van der Waals surface area contributed by atoms with E-state index in [0.717, 1.165) is 5.56 Å². The highest BCUT2D eigenvalue weighted by Gasteiger charge is 2.27. The number of carboxylic acid groups (broad SMARTS) is 1. The van der Waals surface area contributed by atoms with E-state index in [1.165, 1.54) is 0 Å². The van der Waals surface area contributed by atoms with Crippen molar-refractivity contribution in [1.82, 2.24) is 0 Å². The molecule has 0 aliphatic carbocycles. The van der Waals surface area contributed by atoms with Crippen LogP contribution >= 0.6 is 0 Å². The predicted molar refractivity (Wildman–Crippen MR) is 42.7 cm³/mol. The largest absolute Gasteiger partial charge is 1.00 e. The van der Waals surface area contributed by atoms with Crippen LogP contribution in [0.2, 0.25) is 0 Å². The van der Waals surface area contributed by atoms with E-state index in [0.29, 0.717) is 5.69 Å². The van der Waals surface area contributed by atoms with Crippen LogP contribution in [0.1, 0.15) is 5.56 Å². The number of para-hydroxylation sites is 1. The fourth-order valence-corrected chi connectivity index (χ4v) is 1.20. The summed E-state index contributed by atoms with van der Waals surface area (Å²) in [6, 6.07) is 7.26. The molecule has 2 rings (SSSR count). The molecule has 1 aliphatic rings. The maximum Gasteiger partial charge on any atom is 0.544 e. The fourth-order valence-electron chi connectivity index (χ4n) is 1.20. The molecule has 4 nitrogen and oxygen atoms in total. The van der Waals surface area contributed by atoms with E-state index in [4.69, 9.17) is 5.11 Å². The smallest absolute Gasteiger partial charge is 0.544 e. The lowest BCUT2D eigenvalue weighted by molar-refractivity contribution is -0.755. The summed E-state index contributed by atoms with van der Waals surface area (Å²) in [5.74, 6) is 0. The second kappa shape index (κ2) is 3.68. The maximum atomic E-state index is 10.6. The highest BCUT2D eigenvalue weighted by atomic mass is 79.9. The van der Waals surface area contributed by atoms with E-state index in [2.05, 4.69) is 5.10 Å². The second-order valence-electron chi connectivity index (χ2n) is 2.50. The zero-order valence-corrected chi connectivity index (χ0v) is 8.15. The number of hydrogen-bond donors (Lipinski definition) is 2. The zero-order valence-electron chi connectivity index (χ0n) is 6.57. The van der Waals surface area contributed by atoms with Gasteiger partial charge in [-0.1, -0.05) is 22.2 Å². The van der Waals surface area contributed by atoms with Gasteiger partial charge < -0.3 is 22.1 Å². The van der Waals surface area contributed by atoms with E-state index < -0.39 is 6.09 Å². The quantitative estimate of drug-likeness (QED) is 0.518. The lowest BCUT2D eigenvalue weighted by Gasteiger charge is -1.99. The number of fused-ring (bicyclic) bond motifs is 1. The third kappa shape index (κ3) is 1.61. The van der Waals surface area contributed by atoms with Crippen LogP contribution in [0, 0.1) is 0 Å². The average Bonchev–Trinajstić information content (AvgIpc) is 2.47. The van der Waals surface area contributed by atoms with Gasteiger partial charge in [0.2, 0.25) is 0 Å². The summed E-state index contributed by atoms with van der Waals surface area (Å²) in [5, 5.41) is 12.6. The number of amides is 1. The van der Waals surface area contributed by atoms with Crippen LogP contribution in [0.3, 0.4) is 0 Å². The van der Waals surface area contributed by atoms with E-state index in [9.17, 15) is 4.79 Å². The Morgan fingerprint density at radius 1 is 1.38 bits per heavy atom. The minimum atomic E-state index is -0.976. The molecule has 1 unspecified atom stereocenters. The van der Waals surface area contributed by atoms with Gasteiger partial charge in [0, 0.05) is 6.07 Å². The van der Waals surface area contributed by atoms with Gasteiger partial charge in [-0.15, -0.1) is 0 Å². The van der Waals surface area contributed by atoms with Crippen molar-refractivity contribution in [2.24, 2.45) is 5.10 Å². The van der Waals surface area contributed by atoms with Gasteiger partial charge in [-0.05, 0) is 6.07 Å². The molecule has 0 bridgehead atoms. The van der Waals surface area contributed by atoms with Gasteiger partial charge in [-0.2, -0.15) is 4.79 Å². The van der Waals surface area contributed by atoms with Crippen molar-refractivity contribution in [2.75, 3.05) is 0 Å². The van der Waals surface area contributed by atoms with Crippen molar-refractivity contribution in [3.8, 4) is 0 Å². The van der Waals surface area contributed by atoms with Gasteiger partial charge in [0.05, 0.1) is 11.8 Å². The number of nitrogens with one attached hydrogen (secondary N) is 1. The molecule has 1 amide bonds. The summed E-state index contributed by atoms with van der Waals surface area (Å²) >= 11 is 0. The molecule has 1 aliphatic heterocycles. The summed E-state index contributed by atoms with van der Waals surface area (Å²) in [4.78, 5) is 10.6.